The zero-order valence-corrected chi connectivity index (χ0v) is 11.7. The molecule has 0 bridgehead atoms. The van der Waals surface area contributed by atoms with Crippen LogP contribution in [0.5, 0.6) is 0 Å². The van der Waals surface area contributed by atoms with E-state index in [0.29, 0.717) is 19.5 Å². The summed E-state index contributed by atoms with van der Waals surface area (Å²) in [6.45, 7) is 8.95. The van der Waals surface area contributed by atoms with E-state index in [2.05, 4.69) is 24.1 Å². The van der Waals surface area contributed by atoms with Crippen molar-refractivity contribution in [2.75, 3.05) is 46.0 Å². The highest BCUT2D eigenvalue weighted by Crippen LogP contribution is 2.13. The van der Waals surface area contributed by atoms with Crippen LogP contribution in [0.2, 0.25) is 0 Å². The van der Waals surface area contributed by atoms with E-state index >= 15 is 0 Å². The van der Waals surface area contributed by atoms with Gasteiger partial charge in [0.25, 0.3) is 0 Å². The highest BCUT2D eigenvalue weighted by atomic mass is 16.5. The average molecular weight is 260 g/mol. The summed E-state index contributed by atoms with van der Waals surface area (Å²) in [6.07, 6.45) is 1.29. The lowest BCUT2D eigenvalue weighted by molar-refractivity contribution is 0.0132. The standard InChI is InChI=1S/C13H28N2O3/c1-3-13(2,4-7-16)14-10-12(17)11-15-5-8-18-9-6-15/h12,14,16-17H,3-11H2,1-2H3. The number of rotatable bonds is 8. The van der Waals surface area contributed by atoms with Gasteiger partial charge in [-0.2, -0.15) is 0 Å². The first-order chi connectivity index (χ1) is 8.59. The van der Waals surface area contributed by atoms with Crippen molar-refractivity contribution in [3.05, 3.63) is 0 Å². The molecule has 1 fully saturated rings. The van der Waals surface area contributed by atoms with E-state index in [0.717, 1.165) is 32.7 Å². The molecule has 0 aromatic heterocycles. The van der Waals surface area contributed by atoms with Crippen LogP contribution >= 0.6 is 0 Å². The predicted molar refractivity (Wildman–Crippen MR) is 71.7 cm³/mol. The Labute approximate surface area is 110 Å². The molecule has 108 valence electrons. The first-order valence-corrected chi connectivity index (χ1v) is 6.93. The molecule has 0 radical (unpaired) electrons. The minimum atomic E-state index is -0.368. The van der Waals surface area contributed by atoms with Gasteiger partial charge >= 0.3 is 0 Å². The van der Waals surface area contributed by atoms with Gasteiger partial charge in [0.05, 0.1) is 19.3 Å². The monoisotopic (exact) mass is 260 g/mol. The molecule has 0 spiro atoms. The largest absolute Gasteiger partial charge is 0.396 e. The highest BCUT2D eigenvalue weighted by Gasteiger charge is 2.22. The molecule has 18 heavy (non-hydrogen) atoms. The van der Waals surface area contributed by atoms with Gasteiger partial charge in [-0.25, -0.2) is 0 Å². The molecule has 1 aliphatic heterocycles. The van der Waals surface area contributed by atoms with Crippen LogP contribution in [0.1, 0.15) is 26.7 Å². The molecule has 5 heteroatoms. The number of nitrogens with one attached hydrogen (secondary N) is 1. The van der Waals surface area contributed by atoms with E-state index in [1.165, 1.54) is 0 Å². The smallest absolute Gasteiger partial charge is 0.0791 e. The van der Waals surface area contributed by atoms with Crippen molar-refractivity contribution < 1.29 is 14.9 Å². The van der Waals surface area contributed by atoms with Crippen LogP contribution in [0.4, 0.5) is 0 Å². The van der Waals surface area contributed by atoms with Crippen LogP contribution in [-0.4, -0.2) is 72.8 Å². The fraction of sp³-hybridized carbons (Fsp3) is 1.00. The van der Waals surface area contributed by atoms with E-state index in [1.54, 1.807) is 0 Å². The van der Waals surface area contributed by atoms with E-state index in [1.807, 2.05) is 0 Å². The molecular formula is C13H28N2O3. The summed E-state index contributed by atoms with van der Waals surface area (Å²) < 4.78 is 5.28. The molecule has 1 saturated heterocycles. The van der Waals surface area contributed by atoms with E-state index in [9.17, 15) is 5.11 Å². The lowest BCUT2D eigenvalue weighted by atomic mass is 9.94. The third-order valence-electron chi connectivity index (χ3n) is 3.78. The van der Waals surface area contributed by atoms with E-state index < -0.39 is 0 Å². The van der Waals surface area contributed by atoms with Crippen LogP contribution in [-0.2, 0) is 4.74 Å². The molecule has 2 atom stereocenters. The molecule has 1 aliphatic rings. The number of aliphatic hydroxyl groups excluding tert-OH is 2. The maximum Gasteiger partial charge on any atom is 0.0791 e. The fourth-order valence-electron chi connectivity index (χ4n) is 2.15. The van der Waals surface area contributed by atoms with Gasteiger partial charge in [0.1, 0.15) is 0 Å². The molecule has 2 unspecified atom stereocenters. The van der Waals surface area contributed by atoms with Crippen molar-refractivity contribution in [3.63, 3.8) is 0 Å². The van der Waals surface area contributed by atoms with Gasteiger partial charge in [-0.3, -0.25) is 4.90 Å². The second kappa shape index (κ2) is 8.07. The SMILES string of the molecule is CCC(C)(CCO)NCC(O)CN1CCOCC1. The van der Waals surface area contributed by atoms with Crippen LogP contribution in [0.25, 0.3) is 0 Å². The maximum absolute atomic E-state index is 10.0. The second-order valence-corrected chi connectivity index (χ2v) is 5.34. The summed E-state index contributed by atoms with van der Waals surface area (Å²) in [5.74, 6) is 0. The fourth-order valence-corrected chi connectivity index (χ4v) is 2.15. The molecule has 3 N–H and O–H groups in total. The summed E-state index contributed by atoms with van der Waals surface area (Å²) in [4.78, 5) is 2.23. The van der Waals surface area contributed by atoms with E-state index in [-0.39, 0.29) is 18.2 Å². The van der Waals surface area contributed by atoms with Gasteiger partial charge in [-0.05, 0) is 19.8 Å². The molecule has 0 aromatic carbocycles. The van der Waals surface area contributed by atoms with Crippen molar-refractivity contribution in [2.24, 2.45) is 0 Å². The Morgan fingerprint density at radius 3 is 2.61 bits per heavy atom. The molecule has 5 nitrogen and oxygen atoms in total. The van der Waals surface area contributed by atoms with Crippen LogP contribution < -0.4 is 5.32 Å². The summed E-state index contributed by atoms with van der Waals surface area (Å²) in [7, 11) is 0. The van der Waals surface area contributed by atoms with Gasteiger partial charge in [0, 0.05) is 38.3 Å². The topological polar surface area (TPSA) is 65.0 Å². The van der Waals surface area contributed by atoms with Crippen molar-refractivity contribution in [2.45, 2.75) is 38.3 Å². The van der Waals surface area contributed by atoms with Gasteiger partial charge in [0.15, 0.2) is 0 Å². The molecule has 0 amide bonds. The predicted octanol–water partition coefficient (Wildman–Crippen LogP) is -0.180. The van der Waals surface area contributed by atoms with Crippen LogP contribution in [0, 0.1) is 0 Å². The Kier molecular flexibility index (Phi) is 7.11. The zero-order chi connectivity index (χ0) is 13.4. The Morgan fingerprint density at radius 2 is 2.06 bits per heavy atom. The van der Waals surface area contributed by atoms with Gasteiger partial charge in [-0.1, -0.05) is 6.92 Å². The average Bonchev–Trinajstić information content (AvgIpc) is 2.38. The maximum atomic E-state index is 10.0. The van der Waals surface area contributed by atoms with Crippen molar-refractivity contribution >= 4 is 0 Å². The first kappa shape index (κ1) is 15.9. The number of hydrogen-bond acceptors (Lipinski definition) is 5. The van der Waals surface area contributed by atoms with Gasteiger partial charge in [0.2, 0.25) is 0 Å². The zero-order valence-electron chi connectivity index (χ0n) is 11.7. The van der Waals surface area contributed by atoms with E-state index in [4.69, 9.17) is 9.84 Å². The minimum Gasteiger partial charge on any atom is -0.396 e. The molecule has 0 saturated carbocycles. The third kappa shape index (κ3) is 5.63. The number of β-amino-alcohol motifs (C(OH)–C–C–N with tert-alkyl or cyclic N) is 1. The molecule has 0 aliphatic carbocycles. The van der Waals surface area contributed by atoms with Crippen LogP contribution in [0.15, 0.2) is 0 Å². The molecule has 0 aromatic rings. The summed E-state index contributed by atoms with van der Waals surface area (Å²) in [5, 5.41) is 22.4. The number of nitrogens with zero attached hydrogens (tertiary/aromatic N) is 1. The minimum absolute atomic E-state index is 0.0826. The van der Waals surface area contributed by atoms with Gasteiger partial charge < -0.3 is 20.3 Å². The van der Waals surface area contributed by atoms with Crippen molar-refractivity contribution in [3.8, 4) is 0 Å². The second-order valence-electron chi connectivity index (χ2n) is 5.34. The lowest BCUT2D eigenvalue weighted by Gasteiger charge is -2.32. The third-order valence-corrected chi connectivity index (χ3v) is 3.78. The summed E-state index contributed by atoms with van der Waals surface area (Å²) in [5.41, 5.74) is -0.0826. The van der Waals surface area contributed by atoms with Crippen molar-refractivity contribution in [1.82, 2.24) is 10.2 Å². The Bertz CT molecular complexity index is 222. The quantitative estimate of drug-likeness (QED) is 0.565. The first-order valence-electron chi connectivity index (χ1n) is 6.93. The Balaban J connectivity index is 2.24. The Hall–Kier alpha value is -0.200. The Morgan fingerprint density at radius 1 is 1.39 bits per heavy atom. The van der Waals surface area contributed by atoms with Crippen LogP contribution in [0.3, 0.4) is 0 Å². The summed E-state index contributed by atoms with van der Waals surface area (Å²) in [6, 6.07) is 0. The molecular weight excluding hydrogens is 232 g/mol. The highest BCUT2D eigenvalue weighted by molar-refractivity contribution is 4.83. The number of hydrogen-bond donors (Lipinski definition) is 3. The molecule has 1 rings (SSSR count). The lowest BCUT2D eigenvalue weighted by Crippen LogP contribution is -2.49. The number of aliphatic hydroxyl groups is 2. The normalized spacial score (nSPS) is 22.7. The van der Waals surface area contributed by atoms with Crippen molar-refractivity contribution in [1.29, 1.82) is 0 Å². The summed E-state index contributed by atoms with van der Waals surface area (Å²) >= 11 is 0. The van der Waals surface area contributed by atoms with Gasteiger partial charge in [-0.15, -0.1) is 0 Å². The number of ether oxygens (including phenoxy) is 1. The molecule has 1 heterocycles. The number of morpholine rings is 1.